The van der Waals surface area contributed by atoms with Gasteiger partial charge in [0.25, 0.3) is 11.8 Å². The zero-order valence-electron chi connectivity index (χ0n) is 19.0. The van der Waals surface area contributed by atoms with Crippen molar-refractivity contribution in [2.24, 2.45) is 0 Å². The highest BCUT2D eigenvalue weighted by molar-refractivity contribution is 6.33. The molecule has 2 aromatic carbocycles. The zero-order chi connectivity index (χ0) is 23.7. The molecule has 9 heteroatoms. The number of hydrogen-bond donors (Lipinski definition) is 0. The first kappa shape index (κ1) is 22.3. The quantitative estimate of drug-likeness (QED) is 0.562. The molecular weight excluding hydrogens is 454 g/mol. The van der Waals surface area contributed by atoms with E-state index >= 15 is 0 Å². The fourth-order valence-electron chi connectivity index (χ4n) is 4.55. The van der Waals surface area contributed by atoms with E-state index in [0.29, 0.717) is 62.2 Å². The van der Waals surface area contributed by atoms with Crippen LogP contribution in [0.5, 0.6) is 5.75 Å². The van der Waals surface area contributed by atoms with Crippen molar-refractivity contribution in [3.05, 3.63) is 76.6 Å². The number of amides is 2. The summed E-state index contributed by atoms with van der Waals surface area (Å²) in [6, 6.07) is 17.0. The number of ether oxygens (including phenoxy) is 1. The molecule has 0 atom stereocenters. The lowest BCUT2D eigenvalue weighted by Crippen LogP contribution is -2.49. The predicted molar refractivity (Wildman–Crippen MR) is 130 cm³/mol. The Bertz CT molecular complexity index is 1220. The van der Waals surface area contributed by atoms with E-state index in [-0.39, 0.29) is 11.8 Å². The summed E-state index contributed by atoms with van der Waals surface area (Å²) >= 11 is 6.33. The van der Waals surface area contributed by atoms with Gasteiger partial charge in [0.1, 0.15) is 11.4 Å². The molecule has 1 fully saturated rings. The van der Waals surface area contributed by atoms with Crippen LogP contribution in [0, 0.1) is 0 Å². The molecule has 176 valence electrons. The normalized spacial score (nSPS) is 15.9. The molecule has 0 unspecified atom stereocenters. The zero-order valence-corrected chi connectivity index (χ0v) is 19.7. The Kier molecular flexibility index (Phi) is 6.15. The van der Waals surface area contributed by atoms with Crippen molar-refractivity contribution >= 4 is 29.1 Å². The van der Waals surface area contributed by atoms with Crippen LogP contribution in [0.25, 0.3) is 0 Å². The monoisotopic (exact) mass is 479 g/mol. The molecule has 0 spiro atoms. The number of rotatable bonds is 5. The number of para-hydroxylation sites is 2. The molecule has 3 heterocycles. The lowest BCUT2D eigenvalue weighted by atomic mass is 10.1. The molecule has 0 aliphatic carbocycles. The Morgan fingerprint density at radius 1 is 1.00 bits per heavy atom. The number of methoxy groups -OCH3 is 1. The molecule has 2 amide bonds. The molecule has 0 radical (unpaired) electrons. The Labute approximate surface area is 203 Å². The second-order valence-electron chi connectivity index (χ2n) is 8.41. The van der Waals surface area contributed by atoms with Crippen LogP contribution in [0.4, 0.5) is 5.69 Å². The third-order valence-electron chi connectivity index (χ3n) is 6.40. The average molecular weight is 480 g/mol. The number of benzene rings is 2. The van der Waals surface area contributed by atoms with Crippen molar-refractivity contribution in [1.82, 2.24) is 19.6 Å². The fourth-order valence-corrected chi connectivity index (χ4v) is 4.81. The Morgan fingerprint density at radius 3 is 2.50 bits per heavy atom. The fraction of sp³-hybridized carbons (Fsp3) is 0.320. The summed E-state index contributed by atoms with van der Waals surface area (Å²) in [6.07, 6.45) is 0. The minimum absolute atomic E-state index is 0.132. The molecule has 0 N–H and O–H groups in total. The number of fused-ring (bicyclic) bond motifs is 1. The van der Waals surface area contributed by atoms with Crippen LogP contribution < -0.4 is 9.64 Å². The average Bonchev–Trinajstić information content (AvgIpc) is 3.31. The third kappa shape index (κ3) is 4.21. The third-order valence-corrected chi connectivity index (χ3v) is 6.72. The summed E-state index contributed by atoms with van der Waals surface area (Å²) in [6.45, 7) is 4.03. The van der Waals surface area contributed by atoms with Gasteiger partial charge in [0.2, 0.25) is 0 Å². The highest BCUT2D eigenvalue weighted by atomic mass is 35.5. The number of carbonyl (C=O) groups is 2. The summed E-state index contributed by atoms with van der Waals surface area (Å²) in [5, 5.41) is 5.17. The van der Waals surface area contributed by atoms with Crippen LogP contribution in [0.1, 0.15) is 26.5 Å². The van der Waals surface area contributed by atoms with Gasteiger partial charge < -0.3 is 19.4 Å². The van der Waals surface area contributed by atoms with Crippen LogP contribution in [0.2, 0.25) is 5.02 Å². The van der Waals surface area contributed by atoms with E-state index in [0.717, 1.165) is 17.0 Å². The number of hydrogen-bond acceptors (Lipinski definition) is 5. The largest absolute Gasteiger partial charge is 0.496 e. The van der Waals surface area contributed by atoms with Crippen molar-refractivity contribution in [2.75, 3.05) is 44.7 Å². The second kappa shape index (κ2) is 9.38. The van der Waals surface area contributed by atoms with E-state index in [4.69, 9.17) is 16.3 Å². The van der Waals surface area contributed by atoms with E-state index in [2.05, 4.69) is 10.00 Å². The second-order valence-corrected chi connectivity index (χ2v) is 8.81. The van der Waals surface area contributed by atoms with Gasteiger partial charge in [0, 0.05) is 50.9 Å². The summed E-state index contributed by atoms with van der Waals surface area (Å²) in [5.74, 6) is 0.471. The predicted octanol–water partition coefficient (Wildman–Crippen LogP) is 3.16. The molecule has 3 aromatic rings. The van der Waals surface area contributed by atoms with Crippen molar-refractivity contribution < 1.29 is 14.3 Å². The molecular formula is C25H26ClN5O3. The number of piperazine rings is 1. The Balaban J connectivity index is 1.26. The van der Waals surface area contributed by atoms with E-state index in [1.165, 1.54) is 0 Å². The molecule has 5 rings (SSSR count). The summed E-state index contributed by atoms with van der Waals surface area (Å²) < 4.78 is 7.07. The van der Waals surface area contributed by atoms with Gasteiger partial charge in [-0.05, 0) is 18.2 Å². The van der Waals surface area contributed by atoms with Gasteiger partial charge in [-0.15, -0.1) is 0 Å². The smallest absolute Gasteiger partial charge is 0.274 e. The van der Waals surface area contributed by atoms with Crippen molar-refractivity contribution in [3.63, 3.8) is 0 Å². The van der Waals surface area contributed by atoms with Crippen LogP contribution in [0.15, 0.2) is 54.6 Å². The Morgan fingerprint density at radius 2 is 1.74 bits per heavy atom. The number of nitrogens with zero attached hydrogens (tertiary/aromatic N) is 5. The maximum Gasteiger partial charge on any atom is 0.274 e. The van der Waals surface area contributed by atoms with Crippen molar-refractivity contribution in [1.29, 1.82) is 0 Å². The van der Waals surface area contributed by atoms with Crippen molar-refractivity contribution in [2.45, 2.75) is 13.1 Å². The first-order chi connectivity index (χ1) is 16.5. The van der Waals surface area contributed by atoms with Gasteiger partial charge in [-0.1, -0.05) is 41.9 Å². The molecule has 2 aliphatic heterocycles. The molecule has 34 heavy (non-hydrogen) atoms. The van der Waals surface area contributed by atoms with Gasteiger partial charge in [-0.2, -0.15) is 5.10 Å². The molecule has 0 bridgehead atoms. The summed E-state index contributed by atoms with van der Waals surface area (Å²) in [4.78, 5) is 32.0. The standard InChI is InChI=1S/C25H26ClN5O3/c1-34-23-9-5-2-6-18(23)17-30-14-15-31-22(25(30)33)16-20(27-31)24(32)29-12-10-28(11-13-29)21-8-4-3-7-19(21)26/h2-9,16H,10-15,17H2,1H3. The highest BCUT2D eigenvalue weighted by Gasteiger charge is 2.31. The lowest BCUT2D eigenvalue weighted by molar-refractivity contribution is 0.0679. The summed E-state index contributed by atoms with van der Waals surface area (Å²) in [7, 11) is 1.62. The molecule has 1 aromatic heterocycles. The van der Waals surface area contributed by atoms with Gasteiger partial charge in [-0.25, -0.2) is 0 Å². The topological polar surface area (TPSA) is 70.9 Å². The number of carbonyl (C=O) groups excluding carboxylic acids is 2. The van der Waals surface area contributed by atoms with E-state index in [1.54, 1.807) is 27.7 Å². The van der Waals surface area contributed by atoms with Crippen LogP contribution in [-0.2, 0) is 13.1 Å². The SMILES string of the molecule is COc1ccccc1CN1CCn2nc(C(=O)N3CCN(c4ccccc4Cl)CC3)cc2C1=O. The van der Waals surface area contributed by atoms with Crippen LogP contribution >= 0.6 is 11.6 Å². The first-order valence-electron chi connectivity index (χ1n) is 11.3. The molecule has 1 saturated heterocycles. The van der Waals surface area contributed by atoms with E-state index in [1.807, 2.05) is 48.5 Å². The first-order valence-corrected chi connectivity index (χ1v) is 11.7. The minimum Gasteiger partial charge on any atom is -0.496 e. The van der Waals surface area contributed by atoms with E-state index in [9.17, 15) is 9.59 Å². The molecule has 2 aliphatic rings. The van der Waals surface area contributed by atoms with Crippen LogP contribution in [-0.4, -0.2) is 71.2 Å². The number of aromatic nitrogens is 2. The maximum atomic E-state index is 13.2. The van der Waals surface area contributed by atoms with Crippen LogP contribution in [0.3, 0.4) is 0 Å². The highest BCUT2D eigenvalue weighted by Crippen LogP contribution is 2.27. The van der Waals surface area contributed by atoms with Gasteiger partial charge in [-0.3, -0.25) is 14.3 Å². The van der Waals surface area contributed by atoms with E-state index < -0.39 is 0 Å². The number of halogens is 1. The summed E-state index contributed by atoms with van der Waals surface area (Å²) in [5.41, 5.74) is 2.68. The minimum atomic E-state index is -0.148. The number of anilines is 1. The molecule has 0 saturated carbocycles. The maximum absolute atomic E-state index is 13.2. The van der Waals surface area contributed by atoms with Crippen molar-refractivity contribution in [3.8, 4) is 5.75 Å². The molecule has 8 nitrogen and oxygen atoms in total. The van der Waals surface area contributed by atoms with Gasteiger partial charge in [0.05, 0.1) is 24.4 Å². The van der Waals surface area contributed by atoms with Gasteiger partial charge >= 0.3 is 0 Å². The Hall–Kier alpha value is -3.52. The van der Waals surface area contributed by atoms with Gasteiger partial charge in [0.15, 0.2) is 5.69 Å². The lowest BCUT2D eigenvalue weighted by Gasteiger charge is -2.36.